The van der Waals surface area contributed by atoms with Crippen LogP contribution in [0.15, 0.2) is 16.5 Å². The number of methoxy groups -OCH3 is 1. The van der Waals surface area contributed by atoms with Crippen molar-refractivity contribution < 1.29 is 18.7 Å². The smallest absolute Gasteiger partial charge is 0.312 e. The summed E-state index contributed by atoms with van der Waals surface area (Å²) in [6.45, 7) is 10.0. The van der Waals surface area contributed by atoms with E-state index < -0.39 is 0 Å². The Kier molecular flexibility index (Phi) is 7.51. The molecule has 1 atom stereocenters. The molecule has 1 aromatic heterocycles. The van der Waals surface area contributed by atoms with E-state index >= 15 is 0 Å². The van der Waals surface area contributed by atoms with E-state index in [1.165, 1.54) is 0 Å². The van der Waals surface area contributed by atoms with Gasteiger partial charge in [-0.2, -0.15) is 0 Å². The summed E-state index contributed by atoms with van der Waals surface area (Å²) in [6, 6.07) is 4.10. The van der Waals surface area contributed by atoms with E-state index in [-0.39, 0.29) is 11.4 Å². The molecule has 1 aliphatic rings. The van der Waals surface area contributed by atoms with Crippen molar-refractivity contribution in [3.63, 3.8) is 0 Å². The summed E-state index contributed by atoms with van der Waals surface area (Å²) < 4.78 is 16.3. The lowest BCUT2D eigenvalue weighted by Gasteiger charge is -2.40. The number of furan rings is 1. The highest BCUT2D eigenvalue weighted by atomic mass is 16.5. The van der Waals surface area contributed by atoms with E-state index in [0.717, 1.165) is 56.8 Å². The molecular weight excluding hydrogens is 318 g/mol. The number of hydrogen-bond donors (Lipinski definition) is 0. The molecule has 0 aliphatic carbocycles. The molecular formula is C20H33NO4. The van der Waals surface area contributed by atoms with Crippen molar-refractivity contribution in [2.75, 3.05) is 40.0 Å². The maximum absolute atomic E-state index is 12.5. The molecule has 0 N–H and O–H groups in total. The van der Waals surface area contributed by atoms with Crippen molar-refractivity contribution in [2.24, 2.45) is 5.41 Å². The third-order valence-electron chi connectivity index (χ3n) is 5.43. The van der Waals surface area contributed by atoms with Crippen LogP contribution in [-0.2, 0) is 14.3 Å². The number of esters is 1. The van der Waals surface area contributed by atoms with Crippen LogP contribution in [0.5, 0.6) is 0 Å². The number of carbonyl (C=O) groups is 1. The van der Waals surface area contributed by atoms with Crippen LogP contribution in [0.4, 0.5) is 0 Å². The fourth-order valence-electron chi connectivity index (χ4n) is 3.58. The Morgan fingerprint density at radius 2 is 2.08 bits per heavy atom. The van der Waals surface area contributed by atoms with E-state index in [0.29, 0.717) is 19.1 Å². The van der Waals surface area contributed by atoms with E-state index in [1.807, 2.05) is 19.9 Å². The molecule has 0 bridgehead atoms. The molecule has 1 unspecified atom stereocenters. The fourth-order valence-corrected chi connectivity index (χ4v) is 3.58. The van der Waals surface area contributed by atoms with Gasteiger partial charge >= 0.3 is 5.97 Å². The number of ether oxygens (including phenoxy) is 2. The Morgan fingerprint density at radius 3 is 2.64 bits per heavy atom. The molecule has 0 aromatic carbocycles. The van der Waals surface area contributed by atoms with Crippen molar-refractivity contribution in [1.82, 2.24) is 4.90 Å². The zero-order chi connectivity index (χ0) is 18.3. The predicted octanol–water partition coefficient (Wildman–Crippen LogP) is 3.76. The maximum Gasteiger partial charge on any atom is 0.312 e. The third kappa shape index (κ3) is 5.32. The summed E-state index contributed by atoms with van der Waals surface area (Å²) in [7, 11) is 1.69. The van der Waals surface area contributed by atoms with Crippen LogP contribution >= 0.6 is 0 Å². The van der Waals surface area contributed by atoms with Crippen molar-refractivity contribution in [2.45, 2.75) is 52.4 Å². The van der Waals surface area contributed by atoms with Gasteiger partial charge < -0.3 is 18.8 Å². The van der Waals surface area contributed by atoms with E-state index in [2.05, 4.69) is 17.9 Å². The van der Waals surface area contributed by atoms with Gasteiger partial charge in [-0.05, 0) is 71.3 Å². The minimum Gasteiger partial charge on any atom is -0.466 e. The Labute approximate surface area is 151 Å². The second-order valence-electron chi connectivity index (χ2n) is 7.22. The first-order valence-electron chi connectivity index (χ1n) is 9.45. The number of piperidine rings is 1. The molecule has 2 heterocycles. The lowest BCUT2D eigenvalue weighted by atomic mass is 9.75. The Hall–Kier alpha value is -1.33. The van der Waals surface area contributed by atoms with Crippen molar-refractivity contribution in [3.05, 3.63) is 23.7 Å². The highest BCUT2D eigenvalue weighted by molar-refractivity contribution is 5.77. The van der Waals surface area contributed by atoms with Gasteiger partial charge in [0.05, 0.1) is 12.0 Å². The van der Waals surface area contributed by atoms with Crippen LogP contribution in [0.1, 0.15) is 57.0 Å². The quantitative estimate of drug-likeness (QED) is 0.634. The first-order chi connectivity index (χ1) is 12.0. The highest BCUT2D eigenvalue weighted by Gasteiger charge is 2.42. The Balaban J connectivity index is 1.84. The Bertz CT molecular complexity index is 532. The number of likely N-dealkylation sites (tertiary alicyclic amines) is 1. The molecule has 0 spiro atoms. The lowest BCUT2D eigenvalue weighted by Crippen LogP contribution is -2.46. The molecule has 142 valence electrons. The number of carbonyl (C=O) groups excluding carboxylic acids is 1. The van der Waals surface area contributed by atoms with Gasteiger partial charge in [-0.15, -0.1) is 0 Å². The van der Waals surface area contributed by atoms with Gasteiger partial charge in [0.25, 0.3) is 0 Å². The number of hydrogen-bond acceptors (Lipinski definition) is 5. The molecule has 0 radical (unpaired) electrons. The standard InChI is InChI=1S/C20H33NO4/c1-5-24-19(22)20(11-15-23-4)9-13-21(14-10-20)12-8-16(2)18-7-6-17(3)25-18/h6-7,16H,5,8-15H2,1-4H3. The van der Waals surface area contributed by atoms with Crippen molar-refractivity contribution >= 4 is 5.97 Å². The molecule has 1 fully saturated rings. The highest BCUT2D eigenvalue weighted by Crippen LogP contribution is 2.37. The predicted molar refractivity (Wildman–Crippen MR) is 97.7 cm³/mol. The summed E-state index contributed by atoms with van der Waals surface area (Å²) in [5.41, 5.74) is -0.369. The molecule has 5 nitrogen and oxygen atoms in total. The maximum atomic E-state index is 12.5. The minimum atomic E-state index is -0.369. The molecule has 0 amide bonds. The summed E-state index contributed by atoms with van der Waals surface area (Å²) in [5.74, 6) is 2.40. The number of nitrogens with zero attached hydrogens (tertiary/aromatic N) is 1. The zero-order valence-corrected chi connectivity index (χ0v) is 16.2. The van der Waals surface area contributed by atoms with E-state index in [1.54, 1.807) is 7.11 Å². The van der Waals surface area contributed by atoms with Gasteiger partial charge in [0, 0.05) is 19.6 Å². The normalized spacial score (nSPS) is 18.9. The molecule has 25 heavy (non-hydrogen) atoms. The van der Waals surface area contributed by atoms with Crippen LogP contribution in [-0.4, -0.2) is 50.8 Å². The van der Waals surface area contributed by atoms with Gasteiger partial charge in [-0.25, -0.2) is 0 Å². The summed E-state index contributed by atoms with van der Waals surface area (Å²) >= 11 is 0. The van der Waals surface area contributed by atoms with Gasteiger partial charge in [0.1, 0.15) is 11.5 Å². The average molecular weight is 351 g/mol. The number of aryl methyl sites for hydroxylation is 1. The zero-order valence-electron chi connectivity index (χ0n) is 16.2. The molecule has 1 aromatic rings. The molecule has 1 saturated heterocycles. The average Bonchev–Trinajstić information content (AvgIpc) is 3.05. The summed E-state index contributed by atoms with van der Waals surface area (Å²) in [5, 5.41) is 0. The van der Waals surface area contributed by atoms with Gasteiger partial charge in [-0.1, -0.05) is 6.92 Å². The third-order valence-corrected chi connectivity index (χ3v) is 5.43. The van der Waals surface area contributed by atoms with Gasteiger partial charge in [0.15, 0.2) is 0 Å². The lowest BCUT2D eigenvalue weighted by molar-refractivity contribution is -0.160. The van der Waals surface area contributed by atoms with E-state index in [9.17, 15) is 4.79 Å². The Morgan fingerprint density at radius 1 is 1.36 bits per heavy atom. The summed E-state index contributed by atoms with van der Waals surface area (Å²) in [6.07, 6.45) is 3.52. The second-order valence-corrected chi connectivity index (χ2v) is 7.22. The molecule has 0 saturated carbocycles. The molecule has 1 aliphatic heterocycles. The van der Waals surface area contributed by atoms with Crippen LogP contribution in [0, 0.1) is 12.3 Å². The largest absolute Gasteiger partial charge is 0.466 e. The first kappa shape index (κ1) is 20.0. The van der Waals surface area contributed by atoms with Crippen LogP contribution < -0.4 is 0 Å². The number of rotatable bonds is 9. The van der Waals surface area contributed by atoms with Crippen LogP contribution in [0.25, 0.3) is 0 Å². The van der Waals surface area contributed by atoms with Crippen molar-refractivity contribution in [1.29, 1.82) is 0 Å². The van der Waals surface area contributed by atoms with Gasteiger partial charge in [0.2, 0.25) is 0 Å². The monoisotopic (exact) mass is 351 g/mol. The minimum absolute atomic E-state index is 0.0499. The SMILES string of the molecule is CCOC(=O)C1(CCOC)CCN(CCC(C)c2ccc(C)o2)CC1. The van der Waals surface area contributed by atoms with E-state index in [4.69, 9.17) is 13.9 Å². The van der Waals surface area contributed by atoms with Crippen LogP contribution in [0.3, 0.4) is 0 Å². The molecule has 2 rings (SSSR count). The summed E-state index contributed by atoms with van der Waals surface area (Å²) in [4.78, 5) is 14.9. The fraction of sp³-hybridized carbons (Fsp3) is 0.750. The van der Waals surface area contributed by atoms with Crippen LogP contribution in [0.2, 0.25) is 0 Å². The topological polar surface area (TPSA) is 51.9 Å². The van der Waals surface area contributed by atoms with Crippen molar-refractivity contribution in [3.8, 4) is 0 Å². The second kappa shape index (κ2) is 9.39. The molecule has 5 heteroatoms. The van der Waals surface area contributed by atoms with Gasteiger partial charge in [-0.3, -0.25) is 4.79 Å². The first-order valence-corrected chi connectivity index (χ1v) is 9.45.